The highest BCUT2D eigenvalue weighted by atomic mass is 28.3. The Morgan fingerprint density at radius 3 is 1.86 bits per heavy atom. The minimum atomic E-state index is -1.72. The van der Waals surface area contributed by atoms with E-state index >= 15 is 0 Å². The number of hydrogen-bond donors (Lipinski definition) is 1. The van der Waals surface area contributed by atoms with Gasteiger partial charge in [0.05, 0.1) is 0 Å². The van der Waals surface area contributed by atoms with Gasteiger partial charge in [-0.1, -0.05) is 77.8 Å². The van der Waals surface area contributed by atoms with Gasteiger partial charge >= 0.3 is 0 Å². The first-order valence-corrected chi connectivity index (χ1v) is 10.8. The van der Waals surface area contributed by atoms with E-state index in [4.69, 9.17) is 0 Å². The third-order valence-electron chi connectivity index (χ3n) is 4.87. The van der Waals surface area contributed by atoms with Crippen molar-refractivity contribution in [1.82, 2.24) is 0 Å². The summed E-state index contributed by atoms with van der Waals surface area (Å²) >= 11 is 0. The molecule has 0 aromatic heterocycles. The van der Waals surface area contributed by atoms with Crippen molar-refractivity contribution in [3.63, 3.8) is 0 Å². The molecule has 1 atom stereocenters. The molecule has 0 radical (unpaired) electrons. The van der Waals surface area contributed by atoms with Crippen LogP contribution in [0.2, 0.25) is 16.6 Å². The van der Waals surface area contributed by atoms with Crippen molar-refractivity contribution >= 4 is 8.07 Å². The van der Waals surface area contributed by atoms with Crippen LogP contribution in [0, 0.1) is 11.5 Å². The first-order valence-electron chi connectivity index (χ1n) is 8.55. The largest absolute Gasteiger partial charge is 0.380 e. The lowest BCUT2D eigenvalue weighted by molar-refractivity contribution is 0.222. The van der Waals surface area contributed by atoms with Gasteiger partial charge in [-0.25, -0.2) is 0 Å². The van der Waals surface area contributed by atoms with Crippen LogP contribution in [0.1, 0.15) is 53.5 Å². The highest BCUT2D eigenvalue weighted by Gasteiger charge is 2.41. The zero-order valence-corrected chi connectivity index (χ0v) is 16.1. The maximum Gasteiger partial charge on any atom is 0.146 e. The third-order valence-corrected chi connectivity index (χ3v) is 11.2. The van der Waals surface area contributed by atoms with Gasteiger partial charge in [-0.2, -0.15) is 0 Å². The van der Waals surface area contributed by atoms with Crippen LogP contribution >= 0.6 is 0 Å². The molecule has 0 fully saturated rings. The number of aliphatic hydroxyl groups excluding tert-OH is 1. The molecule has 1 rings (SSSR count). The topological polar surface area (TPSA) is 20.2 Å². The van der Waals surface area contributed by atoms with E-state index in [2.05, 4.69) is 65.1 Å². The molecule has 0 saturated heterocycles. The van der Waals surface area contributed by atoms with E-state index in [1.807, 2.05) is 18.2 Å². The van der Waals surface area contributed by atoms with Crippen molar-refractivity contribution in [1.29, 1.82) is 0 Å². The number of benzene rings is 1. The highest BCUT2D eigenvalue weighted by molar-refractivity contribution is 6.90. The Balaban J connectivity index is 2.80. The van der Waals surface area contributed by atoms with E-state index in [9.17, 15) is 5.11 Å². The van der Waals surface area contributed by atoms with E-state index in [1.54, 1.807) is 0 Å². The van der Waals surface area contributed by atoms with Gasteiger partial charge < -0.3 is 5.11 Å². The quantitative estimate of drug-likeness (QED) is 0.565. The molecule has 1 unspecified atom stereocenters. The Hall–Kier alpha value is -1.04. The van der Waals surface area contributed by atoms with Crippen molar-refractivity contribution in [2.24, 2.45) is 0 Å². The van der Waals surface area contributed by atoms with Crippen LogP contribution in [0.15, 0.2) is 30.3 Å². The summed E-state index contributed by atoms with van der Waals surface area (Å²) in [5.74, 6) is 3.21. The summed E-state index contributed by atoms with van der Waals surface area (Å²) in [7, 11) is -1.72. The summed E-state index contributed by atoms with van der Waals surface area (Å²) in [5.41, 5.74) is 6.71. The molecule has 1 aromatic rings. The Bertz CT molecular complexity index is 472. The van der Waals surface area contributed by atoms with E-state index < -0.39 is 14.2 Å². The minimum absolute atomic E-state index is 0.511. The lowest BCUT2D eigenvalue weighted by atomic mass is 10.1. The van der Waals surface area contributed by atoms with Gasteiger partial charge in [0.25, 0.3) is 0 Å². The molecule has 1 nitrogen and oxygen atoms in total. The summed E-state index contributed by atoms with van der Waals surface area (Å²) in [6.07, 6.45) is 1.09. The second-order valence-electron chi connectivity index (χ2n) is 7.21. The minimum Gasteiger partial charge on any atom is -0.380 e. The van der Waals surface area contributed by atoms with E-state index in [1.165, 1.54) is 5.56 Å². The van der Waals surface area contributed by atoms with Gasteiger partial charge in [0.2, 0.25) is 0 Å². The summed E-state index contributed by atoms with van der Waals surface area (Å²) in [6.45, 7) is 13.8. The molecule has 22 heavy (non-hydrogen) atoms. The lowest BCUT2D eigenvalue weighted by Gasteiger charge is -2.38. The number of aliphatic hydroxyl groups is 1. The maximum absolute atomic E-state index is 10.3. The van der Waals surface area contributed by atoms with Crippen LogP contribution in [-0.4, -0.2) is 19.3 Å². The average Bonchev–Trinajstić information content (AvgIpc) is 2.45. The zero-order valence-electron chi connectivity index (χ0n) is 15.1. The van der Waals surface area contributed by atoms with Crippen molar-refractivity contribution in [3.05, 3.63) is 35.9 Å². The van der Waals surface area contributed by atoms with Gasteiger partial charge in [-0.05, 0) is 35.0 Å². The molecule has 0 aliphatic carbocycles. The molecule has 0 aliphatic rings. The summed E-state index contributed by atoms with van der Waals surface area (Å²) in [6, 6.07) is 10.3. The number of rotatable bonds is 6. The summed E-state index contributed by atoms with van der Waals surface area (Å²) < 4.78 is 0. The van der Waals surface area contributed by atoms with Crippen molar-refractivity contribution < 1.29 is 5.11 Å². The fourth-order valence-electron chi connectivity index (χ4n) is 3.66. The molecule has 0 bridgehead atoms. The van der Waals surface area contributed by atoms with Crippen LogP contribution in [-0.2, 0) is 6.42 Å². The van der Waals surface area contributed by atoms with Gasteiger partial charge in [-0.3, -0.25) is 0 Å². The monoisotopic (exact) mass is 316 g/mol. The Kier molecular flexibility index (Phi) is 7.39. The van der Waals surface area contributed by atoms with Gasteiger partial charge in [0.15, 0.2) is 0 Å². The molecule has 1 aromatic carbocycles. The standard InChI is InChI=1S/C20H32OSi/c1-16(2)22(17(3)4,18(5)6)15-14-20(21)13-12-19-10-8-7-9-11-19/h7-11,16-18,20-21H,12-13H2,1-6H3. The number of hydrogen-bond acceptors (Lipinski definition) is 1. The highest BCUT2D eigenvalue weighted by Crippen LogP contribution is 2.40. The molecule has 1 N–H and O–H groups in total. The predicted molar refractivity (Wildman–Crippen MR) is 99.6 cm³/mol. The molecule has 0 saturated carbocycles. The molecular formula is C20H32OSi. The lowest BCUT2D eigenvalue weighted by Crippen LogP contribution is -2.43. The van der Waals surface area contributed by atoms with Crippen molar-refractivity contribution in [3.8, 4) is 11.5 Å². The third kappa shape index (κ3) is 4.73. The fraction of sp³-hybridized carbons (Fsp3) is 0.600. The first kappa shape index (κ1) is 19.0. The molecule has 0 heterocycles. The van der Waals surface area contributed by atoms with Crippen LogP contribution in [0.3, 0.4) is 0 Å². The first-order chi connectivity index (χ1) is 10.3. The van der Waals surface area contributed by atoms with Crippen molar-refractivity contribution in [2.45, 2.75) is 77.1 Å². The van der Waals surface area contributed by atoms with E-state index in [0.29, 0.717) is 16.6 Å². The zero-order chi connectivity index (χ0) is 16.8. The van der Waals surface area contributed by atoms with Gasteiger partial charge in [0.1, 0.15) is 14.2 Å². The molecule has 0 spiro atoms. The number of aryl methyl sites for hydroxylation is 1. The second kappa shape index (κ2) is 8.55. The molecular weight excluding hydrogens is 284 g/mol. The van der Waals surface area contributed by atoms with Crippen molar-refractivity contribution in [2.75, 3.05) is 0 Å². The Morgan fingerprint density at radius 2 is 1.41 bits per heavy atom. The Morgan fingerprint density at radius 1 is 0.909 bits per heavy atom. The molecule has 122 valence electrons. The van der Waals surface area contributed by atoms with Gasteiger partial charge in [0, 0.05) is 0 Å². The van der Waals surface area contributed by atoms with Crippen LogP contribution in [0.25, 0.3) is 0 Å². The average molecular weight is 317 g/mol. The summed E-state index contributed by atoms with van der Waals surface area (Å²) in [4.78, 5) is 0. The smallest absolute Gasteiger partial charge is 0.146 e. The van der Waals surface area contributed by atoms with E-state index in [0.717, 1.165) is 12.8 Å². The van der Waals surface area contributed by atoms with Crippen LogP contribution in [0.5, 0.6) is 0 Å². The fourth-order valence-corrected chi connectivity index (χ4v) is 8.94. The van der Waals surface area contributed by atoms with Gasteiger partial charge in [-0.15, -0.1) is 5.54 Å². The molecule has 0 amide bonds. The Labute approximate surface area is 138 Å². The van der Waals surface area contributed by atoms with Crippen LogP contribution in [0.4, 0.5) is 0 Å². The van der Waals surface area contributed by atoms with E-state index in [-0.39, 0.29) is 0 Å². The molecule has 0 aliphatic heterocycles. The SMILES string of the molecule is CC(C)[Si](C#CC(O)CCc1ccccc1)(C(C)C)C(C)C. The maximum atomic E-state index is 10.3. The predicted octanol–water partition coefficient (Wildman–Crippen LogP) is 5.20. The molecule has 2 heteroatoms. The van der Waals surface area contributed by atoms with Crippen LogP contribution < -0.4 is 0 Å². The normalized spacial score (nSPS) is 13.4. The second-order valence-corrected chi connectivity index (χ2v) is 12.8. The summed E-state index contributed by atoms with van der Waals surface area (Å²) in [5, 5.41) is 10.3.